The van der Waals surface area contributed by atoms with Gasteiger partial charge in [-0.3, -0.25) is 4.79 Å². The fraction of sp³-hybridized carbons (Fsp3) is 0.538. The highest BCUT2D eigenvalue weighted by atomic mass is 16.4. The van der Waals surface area contributed by atoms with Gasteiger partial charge in [-0.25, -0.2) is 4.79 Å². The van der Waals surface area contributed by atoms with Gasteiger partial charge in [0.2, 0.25) is 0 Å². The summed E-state index contributed by atoms with van der Waals surface area (Å²) in [5.41, 5.74) is 0. The minimum absolute atomic E-state index is 0.245. The van der Waals surface area contributed by atoms with Gasteiger partial charge >= 0.3 is 12.0 Å². The normalized spacial score (nSPS) is 22.5. The molecule has 1 aromatic heterocycles. The predicted octanol–water partition coefficient (Wildman–Crippen LogP) is 1.59. The van der Waals surface area contributed by atoms with Crippen molar-refractivity contribution in [2.75, 3.05) is 6.54 Å². The van der Waals surface area contributed by atoms with E-state index in [1.165, 1.54) is 0 Å². The zero-order chi connectivity index (χ0) is 14.0. The number of carboxylic acids is 1. The van der Waals surface area contributed by atoms with Crippen molar-refractivity contribution in [2.45, 2.75) is 32.9 Å². The third kappa shape index (κ3) is 2.89. The largest absolute Gasteiger partial charge is 0.481 e. The van der Waals surface area contributed by atoms with Crippen LogP contribution in [0.2, 0.25) is 0 Å². The molecule has 1 fully saturated rings. The Labute approximate surface area is 111 Å². The van der Waals surface area contributed by atoms with E-state index in [1.807, 2.05) is 19.1 Å². The second-order valence-electron chi connectivity index (χ2n) is 4.84. The zero-order valence-corrected chi connectivity index (χ0v) is 11.0. The Morgan fingerprint density at radius 3 is 2.79 bits per heavy atom. The van der Waals surface area contributed by atoms with Gasteiger partial charge < -0.3 is 19.7 Å². The van der Waals surface area contributed by atoms with Crippen LogP contribution in [0.5, 0.6) is 0 Å². The molecule has 2 atom stereocenters. The molecule has 2 unspecified atom stereocenters. The maximum absolute atomic E-state index is 12.0. The number of nitrogens with zero attached hydrogens (tertiary/aromatic N) is 1. The Bertz CT molecular complexity index is 483. The van der Waals surface area contributed by atoms with Crippen molar-refractivity contribution >= 4 is 12.0 Å². The van der Waals surface area contributed by atoms with Gasteiger partial charge in [0, 0.05) is 12.6 Å². The molecular formula is C13H18N2O4. The number of amides is 2. The zero-order valence-electron chi connectivity index (χ0n) is 11.0. The number of carbonyl (C=O) groups is 2. The molecule has 6 nitrogen and oxygen atoms in total. The number of furan rings is 1. The molecular weight excluding hydrogens is 248 g/mol. The first kappa shape index (κ1) is 13.5. The molecule has 0 aromatic carbocycles. The maximum atomic E-state index is 12.0. The van der Waals surface area contributed by atoms with E-state index in [9.17, 15) is 9.59 Å². The van der Waals surface area contributed by atoms with Gasteiger partial charge in [0.25, 0.3) is 0 Å². The summed E-state index contributed by atoms with van der Waals surface area (Å²) >= 11 is 0. The molecule has 0 saturated carbocycles. The van der Waals surface area contributed by atoms with Crippen LogP contribution in [0, 0.1) is 12.8 Å². The summed E-state index contributed by atoms with van der Waals surface area (Å²) in [6, 6.07) is 3.12. The van der Waals surface area contributed by atoms with E-state index >= 15 is 0 Å². The van der Waals surface area contributed by atoms with Crippen LogP contribution in [-0.2, 0) is 11.3 Å². The molecule has 2 rings (SSSR count). The van der Waals surface area contributed by atoms with E-state index in [-0.39, 0.29) is 12.1 Å². The topological polar surface area (TPSA) is 82.8 Å². The lowest BCUT2D eigenvalue weighted by Crippen LogP contribution is -2.43. The number of carbonyl (C=O) groups excluding carboxylic acids is 1. The molecule has 0 aliphatic carbocycles. The lowest BCUT2D eigenvalue weighted by atomic mass is 10.0. The molecule has 2 N–H and O–H groups in total. The molecule has 2 heterocycles. The molecule has 1 aliphatic heterocycles. The van der Waals surface area contributed by atoms with Gasteiger partial charge in [0.1, 0.15) is 11.5 Å². The van der Waals surface area contributed by atoms with E-state index in [2.05, 4.69) is 5.32 Å². The summed E-state index contributed by atoms with van der Waals surface area (Å²) < 4.78 is 5.36. The minimum Gasteiger partial charge on any atom is -0.481 e. The van der Waals surface area contributed by atoms with Gasteiger partial charge in [0.05, 0.1) is 12.5 Å². The Balaban J connectivity index is 1.89. The van der Waals surface area contributed by atoms with Gasteiger partial charge in [-0.05, 0) is 32.4 Å². The van der Waals surface area contributed by atoms with E-state index in [4.69, 9.17) is 9.52 Å². The lowest BCUT2D eigenvalue weighted by Gasteiger charge is -2.23. The Morgan fingerprint density at radius 2 is 2.26 bits per heavy atom. The van der Waals surface area contributed by atoms with E-state index in [0.29, 0.717) is 25.3 Å². The third-order valence-corrected chi connectivity index (χ3v) is 3.54. The van der Waals surface area contributed by atoms with Crippen LogP contribution in [0.25, 0.3) is 0 Å². The van der Waals surface area contributed by atoms with Crippen LogP contribution >= 0.6 is 0 Å². The number of rotatable bonds is 3. The number of hydrogen-bond donors (Lipinski definition) is 2. The first-order valence-electron chi connectivity index (χ1n) is 6.31. The minimum atomic E-state index is -0.843. The van der Waals surface area contributed by atoms with Crippen molar-refractivity contribution < 1.29 is 19.1 Å². The maximum Gasteiger partial charge on any atom is 0.318 e. The number of likely N-dealkylation sites (tertiary alicyclic amines) is 1. The van der Waals surface area contributed by atoms with Crippen LogP contribution in [0.15, 0.2) is 16.5 Å². The van der Waals surface area contributed by atoms with Crippen molar-refractivity contribution in [3.63, 3.8) is 0 Å². The quantitative estimate of drug-likeness (QED) is 0.870. The molecule has 2 amide bonds. The Kier molecular flexibility index (Phi) is 3.78. The number of aliphatic carboxylic acids is 1. The SMILES string of the molecule is Cc1ccc(CNC(=O)N2CCC(C(=O)O)C2C)o1. The standard InChI is InChI=1S/C13H18N2O4/c1-8-3-4-10(19-8)7-14-13(18)15-6-5-11(9(15)2)12(16)17/h3-4,9,11H,5-7H2,1-2H3,(H,14,18)(H,16,17). The number of nitrogens with one attached hydrogen (secondary N) is 1. The second kappa shape index (κ2) is 5.34. The van der Waals surface area contributed by atoms with Gasteiger partial charge in [-0.15, -0.1) is 0 Å². The van der Waals surface area contributed by atoms with Gasteiger partial charge in [0.15, 0.2) is 0 Å². The van der Waals surface area contributed by atoms with Gasteiger partial charge in [-0.2, -0.15) is 0 Å². The smallest absolute Gasteiger partial charge is 0.318 e. The van der Waals surface area contributed by atoms with E-state index in [1.54, 1.807) is 11.8 Å². The molecule has 6 heteroatoms. The highest BCUT2D eigenvalue weighted by Crippen LogP contribution is 2.24. The van der Waals surface area contributed by atoms with Crippen molar-refractivity contribution in [3.8, 4) is 0 Å². The average molecular weight is 266 g/mol. The first-order chi connectivity index (χ1) is 8.99. The summed E-state index contributed by atoms with van der Waals surface area (Å²) in [5.74, 6) is 0.165. The van der Waals surface area contributed by atoms with Crippen molar-refractivity contribution in [2.24, 2.45) is 5.92 Å². The number of aryl methyl sites for hydroxylation is 1. The summed E-state index contributed by atoms with van der Waals surface area (Å²) in [6.45, 7) is 4.39. The molecule has 1 aliphatic rings. The number of carboxylic acid groups (broad SMARTS) is 1. The number of hydrogen-bond acceptors (Lipinski definition) is 3. The van der Waals surface area contributed by atoms with Crippen molar-refractivity contribution in [1.29, 1.82) is 0 Å². The Morgan fingerprint density at radius 1 is 1.53 bits per heavy atom. The number of urea groups is 1. The van der Waals surface area contributed by atoms with Crippen LogP contribution in [-0.4, -0.2) is 34.6 Å². The fourth-order valence-corrected chi connectivity index (χ4v) is 2.40. The highest BCUT2D eigenvalue weighted by molar-refractivity contribution is 5.78. The molecule has 1 saturated heterocycles. The van der Waals surface area contributed by atoms with Crippen molar-refractivity contribution in [3.05, 3.63) is 23.7 Å². The molecule has 0 radical (unpaired) electrons. The molecule has 104 valence electrons. The Hall–Kier alpha value is -1.98. The van der Waals surface area contributed by atoms with Crippen LogP contribution in [0.1, 0.15) is 24.9 Å². The first-order valence-corrected chi connectivity index (χ1v) is 6.31. The fourth-order valence-electron chi connectivity index (χ4n) is 2.40. The third-order valence-electron chi connectivity index (χ3n) is 3.54. The van der Waals surface area contributed by atoms with Crippen molar-refractivity contribution in [1.82, 2.24) is 10.2 Å². The van der Waals surface area contributed by atoms with E-state index < -0.39 is 11.9 Å². The van der Waals surface area contributed by atoms with Gasteiger partial charge in [-0.1, -0.05) is 0 Å². The van der Waals surface area contributed by atoms with E-state index in [0.717, 1.165) is 5.76 Å². The molecule has 0 spiro atoms. The second-order valence-corrected chi connectivity index (χ2v) is 4.84. The summed E-state index contributed by atoms with van der Waals surface area (Å²) in [4.78, 5) is 24.5. The predicted molar refractivity (Wildman–Crippen MR) is 67.6 cm³/mol. The van der Waals surface area contributed by atoms with Crippen LogP contribution in [0.3, 0.4) is 0 Å². The highest BCUT2D eigenvalue weighted by Gasteiger charge is 2.37. The lowest BCUT2D eigenvalue weighted by molar-refractivity contribution is -0.142. The summed E-state index contributed by atoms with van der Waals surface area (Å²) in [6.07, 6.45) is 0.504. The molecule has 0 bridgehead atoms. The summed E-state index contributed by atoms with van der Waals surface area (Å²) in [5, 5.41) is 11.8. The monoisotopic (exact) mass is 266 g/mol. The summed E-state index contributed by atoms with van der Waals surface area (Å²) in [7, 11) is 0. The van der Waals surface area contributed by atoms with Crippen LogP contribution < -0.4 is 5.32 Å². The molecule has 1 aromatic rings. The average Bonchev–Trinajstić information content (AvgIpc) is 2.92. The molecule has 19 heavy (non-hydrogen) atoms. The van der Waals surface area contributed by atoms with Crippen LogP contribution in [0.4, 0.5) is 4.79 Å².